The van der Waals surface area contributed by atoms with E-state index < -0.39 is 0 Å². The lowest BCUT2D eigenvalue weighted by molar-refractivity contribution is -0.217. The number of aliphatic hydroxyl groups is 1. The second-order valence-corrected chi connectivity index (χ2v) is 14.2. The topological polar surface area (TPSA) is 20.2 Å². The molecule has 5 aliphatic carbocycles. The van der Waals surface area contributed by atoms with Crippen molar-refractivity contribution in [2.45, 2.75) is 112 Å². The predicted molar refractivity (Wildman–Crippen MR) is 126 cm³/mol. The molecule has 0 aliphatic heterocycles. The smallest absolute Gasteiger partial charge is 0.0594 e. The van der Waals surface area contributed by atoms with Crippen LogP contribution in [-0.4, -0.2) is 11.2 Å². The Balaban J connectivity index is 1.59. The summed E-state index contributed by atoms with van der Waals surface area (Å²) in [6, 6.07) is 0. The first kappa shape index (κ1) is 21.5. The fourth-order valence-electron chi connectivity index (χ4n) is 10.8. The number of allylic oxidation sites excluding steroid dienone is 2. The molecule has 1 heteroatoms. The highest BCUT2D eigenvalue weighted by Crippen LogP contribution is 2.75. The number of rotatable bonds is 0. The van der Waals surface area contributed by atoms with Gasteiger partial charge in [-0.1, -0.05) is 73.5 Å². The number of aliphatic hydroxyl groups excluding tert-OH is 1. The molecule has 0 heterocycles. The zero-order valence-corrected chi connectivity index (χ0v) is 20.9. The van der Waals surface area contributed by atoms with Crippen LogP contribution in [0.5, 0.6) is 0 Å². The Morgan fingerprint density at radius 3 is 2.23 bits per heavy atom. The Morgan fingerprint density at radius 1 is 0.767 bits per heavy atom. The van der Waals surface area contributed by atoms with Gasteiger partial charge in [-0.25, -0.2) is 0 Å². The van der Waals surface area contributed by atoms with Gasteiger partial charge in [0.15, 0.2) is 0 Å². The largest absolute Gasteiger partial charge is 0.393 e. The van der Waals surface area contributed by atoms with Crippen LogP contribution in [0.3, 0.4) is 0 Å². The highest BCUT2D eigenvalue weighted by atomic mass is 16.3. The summed E-state index contributed by atoms with van der Waals surface area (Å²) >= 11 is 0. The molecule has 0 bridgehead atoms. The minimum atomic E-state index is -0.130. The molecule has 0 spiro atoms. The molecule has 5 rings (SSSR count). The molecule has 0 radical (unpaired) electrons. The van der Waals surface area contributed by atoms with Crippen molar-refractivity contribution < 1.29 is 5.11 Å². The van der Waals surface area contributed by atoms with E-state index >= 15 is 0 Å². The van der Waals surface area contributed by atoms with Gasteiger partial charge in [-0.15, -0.1) is 0 Å². The Labute approximate surface area is 186 Å². The highest BCUT2D eigenvalue weighted by Gasteiger charge is 2.68. The summed E-state index contributed by atoms with van der Waals surface area (Å²) in [5.74, 6) is 3.80. The van der Waals surface area contributed by atoms with Gasteiger partial charge in [0.1, 0.15) is 0 Å². The molecule has 1 N–H and O–H groups in total. The van der Waals surface area contributed by atoms with Gasteiger partial charge in [0.25, 0.3) is 0 Å². The van der Waals surface area contributed by atoms with Crippen molar-refractivity contribution in [1.29, 1.82) is 0 Å². The van der Waals surface area contributed by atoms with Crippen LogP contribution in [0.1, 0.15) is 106 Å². The summed E-state index contributed by atoms with van der Waals surface area (Å²) in [6.07, 6.45) is 17.4. The number of fused-ring (bicyclic) bond motifs is 7. The van der Waals surface area contributed by atoms with E-state index in [1.165, 1.54) is 51.4 Å². The zero-order valence-electron chi connectivity index (χ0n) is 20.9. The van der Waals surface area contributed by atoms with Crippen LogP contribution >= 0.6 is 0 Å². The lowest BCUT2D eigenvalue weighted by Gasteiger charge is -2.72. The van der Waals surface area contributed by atoms with Crippen LogP contribution in [0, 0.1) is 56.7 Å². The summed E-state index contributed by atoms with van der Waals surface area (Å²) < 4.78 is 0. The van der Waals surface area contributed by atoms with E-state index in [-0.39, 0.29) is 11.5 Å². The molecular formula is C29H48O. The van der Waals surface area contributed by atoms with Crippen molar-refractivity contribution >= 4 is 0 Å². The third-order valence-corrected chi connectivity index (χ3v) is 12.8. The van der Waals surface area contributed by atoms with Gasteiger partial charge in [0.05, 0.1) is 6.10 Å². The molecule has 0 aromatic carbocycles. The molecule has 170 valence electrons. The van der Waals surface area contributed by atoms with E-state index in [0.717, 1.165) is 24.2 Å². The van der Waals surface area contributed by atoms with E-state index in [2.05, 4.69) is 60.6 Å². The van der Waals surface area contributed by atoms with Gasteiger partial charge in [-0.3, -0.25) is 0 Å². The minimum Gasteiger partial charge on any atom is -0.393 e. The molecule has 1 nitrogen and oxygen atoms in total. The highest BCUT2D eigenvalue weighted by molar-refractivity contribution is 5.25. The summed E-state index contributed by atoms with van der Waals surface area (Å²) in [5, 5.41) is 10.9. The molecule has 5 aliphatic rings. The third kappa shape index (κ3) is 2.45. The first-order valence-corrected chi connectivity index (χ1v) is 13.3. The third-order valence-electron chi connectivity index (χ3n) is 12.8. The van der Waals surface area contributed by atoms with Crippen molar-refractivity contribution in [3.63, 3.8) is 0 Å². The van der Waals surface area contributed by atoms with E-state index in [1.807, 2.05) is 0 Å². The maximum Gasteiger partial charge on any atom is 0.0594 e. The van der Waals surface area contributed by atoms with Crippen LogP contribution < -0.4 is 0 Å². The quantitative estimate of drug-likeness (QED) is 0.405. The summed E-state index contributed by atoms with van der Waals surface area (Å²) in [7, 11) is 0. The van der Waals surface area contributed by atoms with Gasteiger partial charge < -0.3 is 5.11 Å². The molecule has 0 aromatic rings. The summed E-state index contributed by atoms with van der Waals surface area (Å²) in [6.45, 7) is 17.9. The van der Waals surface area contributed by atoms with E-state index in [4.69, 9.17) is 0 Å². The fraction of sp³-hybridized carbons (Fsp3) is 0.931. The molecule has 4 saturated carbocycles. The molecule has 10 atom stereocenters. The number of hydrogen-bond donors (Lipinski definition) is 1. The normalized spacial score (nSPS) is 59.5. The SMILES string of the molecule is C[C@H]1CCC[C@]2(C)CC[C@]3(C)[C@H](C=C[C@@H]4[C@@]5(C)CC[C@@H](O)C(C)(C)[C@@H]5CC[C@]43C)[C@H]12. The molecular weight excluding hydrogens is 364 g/mol. The van der Waals surface area contributed by atoms with E-state index in [1.54, 1.807) is 0 Å². The molecule has 30 heavy (non-hydrogen) atoms. The van der Waals surface area contributed by atoms with Crippen LogP contribution in [0.25, 0.3) is 0 Å². The Kier molecular flexibility index (Phi) is 4.59. The van der Waals surface area contributed by atoms with Crippen molar-refractivity contribution in [3.05, 3.63) is 12.2 Å². The van der Waals surface area contributed by atoms with Gasteiger partial charge in [-0.05, 0) is 102 Å². The first-order valence-electron chi connectivity index (χ1n) is 13.3. The van der Waals surface area contributed by atoms with Crippen LogP contribution in [0.2, 0.25) is 0 Å². The molecule has 0 aromatic heterocycles. The Morgan fingerprint density at radius 2 is 1.50 bits per heavy atom. The molecule has 4 fully saturated rings. The predicted octanol–water partition coefficient (Wildman–Crippen LogP) is 7.63. The standard InChI is InChI=1S/C29H48O/c1-19-9-8-14-26(4)17-18-28(6)20(24(19)26)10-11-22-27(5)15-13-23(30)25(2,3)21(27)12-16-29(22,28)7/h10-11,19-24,30H,8-9,12-18H2,1-7H3/t19-,20+,21-,22+,23+,24-,26+,27-,28+,29+/m0/s1. The number of hydrogen-bond acceptors (Lipinski definition) is 1. The maximum atomic E-state index is 10.9. The van der Waals surface area contributed by atoms with Gasteiger partial charge in [0, 0.05) is 0 Å². The van der Waals surface area contributed by atoms with Gasteiger partial charge >= 0.3 is 0 Å². The molecule has 0 unspecified atom stereocenters. The second-order valence-electron chi connectivity index (χ2n) is 14.2. The summed E-state index contributed by atoms with van der Waals surface area (Å²) in [4.78, 5) is 0. The second kappa shape index (κ2) is 6.39. The van der Waals surface area contributed by atoms with Crippen molar-refractivity contribution in [3.8, 4) is 0 Å². The van der Waals surface area contributed by atoms with Crippen molar-refractivity contribution in [1.82, 2.24) is 0 Å². The Bertz CT molecular complexity index is 737. The van der Waals surface area contributed by atoms with E-state index in [0.29, 0.717) is 33.5 Å². The van der Waals surface area contributed by atoms with Crippen molar-refractivity contribution in [2.75, 3.05) is 0 Å². The molecule has 0 saturated heterocycles. The minimum absolute atomic E-state index is 0.0446. The van der Waals surface area contributed by atoms with Gasteiger partial charge in [0.2, 0.25) is 0 Å². The van der Waals surface area contributed by atoms with E-state index in [9.17, 15) is 5.11 Å². The molecule has 0 amide bonds. The average molecular weight is 413 g/mol. The van der Waals surface area contributed by atoms with Crippen molar-refractivity contribution in [2.24, 2.45) is 56.7 Å². The zero-order chi connectivity index (χ0) is 21.7. The average Bonchev–Trinajstić information content (AvgIpc) is 2.66. The van der Waals surface area contributed by atoms with Crippen LogP contribution in [-0.2, 0) is 0 Å². The van der Waals surface area contributed by atoms with Crippen LogP contribution in [0.4, 0.5) is 0 Å². The first-order chi connectivity index (χ1) is 13.9. The van der Waals surface area contributed by atoms with Gasteiger partial charge in [-0.2, -0.15) is 0 Å². The maximum absolute atomic E-state index is 10.9. The van der Waals surface area contributed by atoms with Crippen LogP contribution in [0.15, 0.2) is 12.2 Å². The fourth-order valence-corrected chi connectivity index (χ4v) is 10.8. The summed E-state index contributed by atoms with van der Waals surface area (Å²) in [5.41, 5.74) is 1.76. The lowest BCUT2D eigenvalue weighted by Crippen LogP contribution is -2.65. The lowest BCUT2D eigenvalue weighted by atomic mass is 9.33. The Hall–Kier alpha value is -0.300. The monoisotopic (exact) mass is 412 g/mol.